The van der Waals surface area contributed by atoms with Crippen molar-refractivity contribution >= 4 is 0 Å². The summed E-state index contributed by atoms with van der Waals surface area (Å²) in [6, 6.07) is 7.32. The van der Waals surface area contributed by atoms with Crippen molar-refractivity contribution in [2.24, 2.45) is 11.3 Å². The molecule has 0 aromatic heterocycles. The minimum atomic E-state index is -0.0495. The van der Waals surface area contributed by atoms with Gasteiger partial charge in [0, 0.05) is 12.5 Å². The predicted molar refractivity (Wildman–Crippen MR) is 87.8 cm³/mol. The Morgan fingerprint density at radius 3 is 2.62 bits per heavy atom. The van der Waals surface area contributed by atoms with Crippen molar-refractivity contribution in [2.75, 3.05) is 6.54 Å². The molecule has 116 valence electrons. The third kappa shape index (κ3) is 2.96. The fraction of sp³-hybridized carbons (Fsp3) is 0.684. The third-order valence-corrected chi connectivity index (χ3v) is 5.05. The van der Waals surface area contributed by atoms with Gasteiger partial charge in [0.2, 0.25) is 0 Å². The highest BCUT2D eigenvalue weighted by atomic mass is 16.5. The summed E-state index contributed by atoms with van der Waals surface area (Å²) in [5.74, 6) is 1.84. The van der Waals surface area contributed by atoms with Crippen LogP contribution in [-0.2, 0) is 6.42 Å². The Labute approximate surface area is 129 Å². The van der Waals surface area contributed by atoms with E-state index in [1.54, 1.807) is 0 Å². The predicted octanol–water partition coefficient (Wildman–Crippen LogP) is 4.49. The lowest BCUT2D eigenvalue weighted by Gasteiger charge is -2.21. The van der Waals surface area contributed by atoms with Crippen molar-refractivity contribution in [1.29, 1.82) is 0 Å². The fourth-order valence-corrected chi connectivity index (χ4v) is 3.69. The molecule has 1 aromatic rings. The van der Waals surface area contributed by atoms with Crippen LogP contribution in [0.25, 0.3) is 0 Å². The van der Waals surface area contributed by atoms with Crippen LogP contribution < -0.4 is 10.1 Å². The maximum atomic E-state index is 6.01. The zero-order valence-electron chi connectivity index (χ0n) is 14.1. The molecule has 1 aliphatic heterocycles. The Morgan fingerprint density at radius 2 is 2.00 bits per heavy atom. The molecule has 1 fully saturated rings. The van der Waals surface area contributed by atoms with Crippen LogP contribution in [0.3, 0.4) is 0 Å². The van der Waals surface area contributed by atoms with E-state index in [0.29, 0.717) is 11.5 Å². The van der Waals surface area contributed by atoms with Crippen LogP contribution in [-0.4, -0.2) is 12.1 Å². The Kier molecular flexibility index (Phi) is 3.56. The Hall–Kier alpha value is -1.02. The summed E-state index contributed by atoms with van der Waals surface area (Å²) in [6.07, 6.45) is 3.53. The lowest BCUT2D eigenvalue weighted by Crippen LogP contribution is -2.25. The smallest absolute Gasteiger partial charge is 0.123 e. The van der Waals surface area contributed by atoms with Crippen LogP contribution in [0.2, 0.25) is 0 Å². The zero-order valence-corrected chi connectivity index (χ0v) is 14.1. The van der Waals surface area contributed by atoms with Crippen LogP contribution in [0, 0.1) is 11.3 Å². The first-order valence-electron chi connectivity index (χ1n) is 8.38. The summed E-state index contributed by atoms with van der Waals surface area (Å²) < 4.78 is 6.01. The van der Waals surface area contributed by atoms with Crippen molar-refractivity contribution in [2.45, 2.75) is 65.5 Å². The Bertz CT molecular complexity index is 532. The Balaban J connectivity index is 1.84. The topological polar surface area (TPSA) is 21.3 Å². The molecule has 2 nitrogen and oxygen atoms in total. The summed E-state index contributed by atoms with van der Waals surface area (Å²) in [5.41, 5.74) is 3.25. The molecule has 21 heavy (non-hydrogen) atoms. The van der Waals surface area contributed by atoms with Gasteiger partial charge in [-0.25, -0.2) is 0 Å². The van der Waals surface area contributed by atoms with E-state index in [9.17, 15) is 0 Å². The maximum Gasteiger partial charge on any atom is 0.123 e. The average molecular weight is 287 g/mol. The van der Waals surface area contributed by atoms with Gasteiger partial charge in [-0.15, -0.1) is 0 Å². The van der Waals surface area contributed by atoms with E-state index in [0.717, 1.165) is 24.6 Å². The molecule has 0 bridgehead atoms. The van der Waals surface area contributed by atoms with Crippen LogP contribution in [0.5, 0.6) is 5.75 Å². The largest absolute Gasteiger partial charge is 0.487 e. The molecule has 2 heteroatoms. The third-order valence-electron chi connectivity index (χ3n) is 5.05. The quantitative estimate of drug-likeness (QED) is 0.861. The van der Waals surface area contributed by atoms with Gasteiger partial charge in [0.15, 0.2) is 0 Å². The van der Waals surface area contributed by atoms with E-state index in [4.69, 9.17) is 4.74 Å². The standard InChI is InChI=1S/C19H29NO/c1-6-9-20-17(15-12-18(15,2)3)13-7-8-16-14(10-13)11-19(4,5)21-16/h7-8,10,15,17,20H,6,9,11-12H2,1-5H3. The first-order chi connectivity index (χ1) is 9.82. The monoisotopic (exact) mass is 287 g/mol. The van der Waals surface area contributed by atoms with Crippen LogP contribution >= 0.6 is 0 Å². The van der Waals surface area contributed by atoms with Gasteiger partial charge in [-0.1, -0.05) is 32.9 Å². The molecule has 2 atom stereocenters. The molecule has 0 spiro atoms. The molecule has 1 saturated carbocycles. The second-order valence-electron chi connectivity index (χ2n) is 8.14. The van der Waals surface area contributed by atoms with Gasteiger partial charge in [-0.05, 0) is 61.8 Å². The van der Waals surface area contributed by atoms with Gasteiger partial charge in [0.25, 0.3) is 0 Å². The lowest BCUT2D eigenvalue weighted by molar-refractivity contribution is 0.138. The van der Waals surface area contributed by atoms with Crippen molar-refractivity contribution in [1.82, 2.24) is 5.32 Å². The van der Waals surface area contributed by atoms with Crippen LogP contribution in [0.4, 0.5) is 0 Å². The molecule has 0 radical (unpaired) electrons. The number of hydrogen-bond donors (Lipinski definition) is 1. The van der Waals surface area contributed by atoms with E-state index in [1.165, 1.54) is 24.0 Å². The molecule has 1 aromatic carbocycles. The van der Waals surface area contributed by atoms with E-state index < -0.39 is 0 Å². The van der Waals surface area contributed by atoms with Gasteiger partial charge >= 0.3 is 0 Å². The highest BCUT2D eigenvalue weighted by Crippen LogP contribution is 2.58. The fourth-order valence-electron chi connectivity index (χ4n) is 3.69. The van der Waals surface area contributed by atoms with Gasteiger partial charge in [-0.3, -0.25) is 0 Å². The minimum absolute atomic E-state index is 0.0495. The SMILES string of the molecule is CCCNC(c1ccc2c(c1)CC(C)(C)O2)C1CC1(C)C. The van der Waals surface area contributed by atoms with Crippen molar-refractivity contribution < 1.29 is 4.74 Å². The summed E-state index contributed by atoms with van der Waals surface area (Å²) in [7, 11) is 0. The number of fused-ring (bicyclic) bond motifs is 1. The normalized spacial score (nSPS) is 26.0. The van der Waals surface area contributed by atoms with E-state index in [-0.39, 0.29) is 5.60 Å². The van der Waals surface area contributed by atoms with Crippen LogP contribution in [0.15, 0.2) is 18.2 Å². The average Bonchev–Trinajstić information content (AvgIpc) is 2.88. The summed E-state index contributed by atoms with van der Waals surface area (Å²) in [6.45, 7) is 12.4. The highest BCUT2D eigenvalue weighted by Gasteiger charge is 2.50. The number of benzene rings is 1. The summed E-state index contributed by atoms with van der Waals surface area (Å²) in [5, 5.41) is 3.77. The number of ether oxygens (including phenoxy) is 1. The number of nitrogens with one attached hydrogen (secondary N) is 1. The number of rotatable bonds is 5. The van der Waals surface area contributed by atoms with E-state index in [1.807, 2.05) is 0 Å². The van der Waals surface area contributed by atoms with Crippen LogP contribution in [0.1, 0.15) is 64.6 Å². The summed E-state index contributed by atoms with van der Waals surface area (Å²) >= 11 is 0. The van der Waals surface area contributed by atoms with Crippen molar-refractivity contribution in [3.05, 3.63) is 29.3 Å². The van der Waals surface area contributed by atoms with Crippen molar-refractivity contribution in [3.8, 4) is 5.75 Å². The van der Waals surface area contributed by atoms with E-state index >= 15 is 0 Å². The molecular weight excluding hydrogens is 258 g/mol. The van der Waals surface area contributed by atoms with Crippen molar-refractivity contribution in [3.63, 3.8) is 0 Å². The zero-order chi connectivity index (χ0) is 15.3. The molecule has 2 unspecified atom stereocenters. The molecule has 1 N–H and O–H groups in total. The van der Waals surface area contributed by atoms with Gasteiger partial charge < -0.3 is 10.1 Å². The molecule has 2 aliphatic rings. The number of hydrogen-bond acceptors (Lipinski definition) is 2. The lowest BCUT2D eigenvalue weighted by atomic mass is 9.93. The molecule has 0 amide bonds. The molecule has 1 heterocycles. The second kappa shape index (κ2) is 5.01. The van der Waals surface area contributed by atoms with E-state index in [2.05, 4.69) is 58.1 Å². The second-order valence-corrected chi connectivity index (χ2v) is 8.14. The minimum Gasteiger partial charge on any atom is -0.487 e. The molecule has 3 rings (SSSR count). The molecular formula is C19H29NO. The van der Waals surface area contributed by atoms with Gasteiger partial charge in [-0.2, -0.15) is 0 Å². The summed E-state index contributed by atoms with van der Waals surface area (Å²) in [4.78, 5) is 0. The van der Waals surface area contributed by atoms with Gasteiger partial charge in [0.05, 0.1) is 0 Å². The molecule has 0 saturated heterocycles. The maximum absolute atomic E-state index is 6.01. The first-order valence-corrected chi connectivity index (χ1v) is 8.38. The first kappa shape index (κ1) is 14.9. The Morgan fingerprint density at radius 1 is 1.29 bits per heavy atom. The highest BCUT2D eigenvalue weighted by molar-refractivity contribution is 5.43. The van der Waals surface area contributed by atoms with Gasteiger partial charge in [0.1, 0.15) is 11.4 Å². The molecule has 1 aliphatic carbocycles.